The van der Waals surface area contributed by atoms with E-state index < -0.39 is 7.71 Å². The Balaban J connectivity index is 0. The molecule has 76 valence electrons. The summed E-state index contributed by atoms with van der Waals surface area (Å²) in [5.41, 5.74) is 0. The maximum atomic E-state index is 2.30. The summed E-state index contributed by atoms with van der Waals surface area (Å²) in [5, 5.41) is 0. The Bertz CT molecular complexity index is 106. The van der Waals surface area contributed by atoms with E-state index in [0.29, 0.717) is 0 Å². The number of rotatable bonds is 3. The predicted octanol–water partition coefficient (Wildman–Crippen LogP) is 0.887. The predicted molar refractivity (Wildman–Crippen MR) is 55.8 cm³/mol. The van der Waals surface area contributed by atoms with Crippen LogP contribution in [0.2, 0.25) is 0 Å². The second-order valence-corrected chi connectivity index (χ2v) is 7.55. The summed E-state index contributed by atoms with van der Waals surface area (Å²) in [7, 11) is 11.6. The smallest absolute Gasteiger partial charge is 0.222 e. The van der Waals surface area contributed by atoms with Gasteiger partial charge in [0.25, 0.3) is 0 Å². The van der Waals surface area contributed by atoms with Gasteiger partial charge in [-0.25, -0.2) is 0 Å². The first-order valence-electron chi connectivity index (χ1n) is 3.73. The van der Waals surface area contributed by atoms with Crippen molar-refractivity contribution in [2.75, 3.05) is 49.0 Å². The minimum Gasteiger partial charge on any atom is -0.870 e. The van der Waals surface area contributed by atoms with Crippen LogP contribution in [0, 0.1) is 0 Å². The summed E-state index contributed by atoms with van der Waals surface area (Å²) < 4.78 is 6.90. The molecule has 0 saturated heterocycles. The Labute approximate surface area is 76.9 Å². The normalized spacial score (nSPS) is 12.5. The lowest BCUT2D eigenvalue weighted by molar-refractivity contribution is 0.467. The van der Waals surface area contributed by atoms with Crippen LogP contribution in [0.4, 0.5) is 0 Å². The van der Waals surface area contributed by atoms with E-state index in [0.717, 1.165) is 0 Å². The largest absolute Gasteiger partial charge is 0.870 e. The van der Waals surface area contributed by atoms with E-state index in [1.165, 1.54) is 0 Å². The molecule has 0 radical (unpaired) electrons. The minimum absolute atomic E-state index is 0. The van der Waals surface area contributed by atoms with Gasteiger partial charge in [0.1, 0.15) is 0 Å². The van der Waals surface area contributed by atoms with Gasteiger partial charge in [0, 0.05) is 42.3 Å². The van der Waals surface area contributed by atoms with Crippen LogP contribution in [0.1, 0.15) is 0 Å². The molecule has 4 nitrogen and oxygen atoms in total. The van der Waals surface area contributed by atoms with Crippen molar-refractivity contribution in [1.29, 1.82) is 0 Å². The Morgan fingerprint density at radius 1 is 0.667 bits per heavy atom. The molecule has 0 heterocycles. The molecule has 12 heavy (non-hydrogen) atoms. The first-order chi connectivity index (χ1) is 4.83. The van der Waals surface area contributed by atoms with E-state index in [9.17, 15) is 0 Å². The highest BCUT2D eigenvalue weighted by Gasteiger charge is 2.41. The topological polar surface area (TPSA) is 39.7 Å². The molecule has 0 unspecified atom stereocenters. The highest BCUT2D eigenvalue weighted by molar-refractivity contribution is 7.68. The zero-order valence-electron chi connectivity index (χ0n) is 9.24. The Kier molecular flexibility index (Phi) is 6.28. The van der Waals surface area contributed by atoms with Crippen molar-refractivity contribution in [2.24, 2.45) is 0 Å². The second-order valence-electron chi connectivity index (χ2n) is 3.41. The van der Waals surface area contributed by atoms with E-state index in [-0.39, 0.29) is 5.48 Å². The number of nitrogens with zero attached hydrogens (tertiary/aromatic N) is 3. The molecule has 0 fully saturated rings. The van der Waals surface area contributed by atoms with Gasteiger partial charge in [-0.3, -0.25) is 0 Å². The average Bonchev–Trinajstić information content (AvgIpc) is 1.84. The van der Waals surface area contributed by atoms with E-state index in [4.69, 9.17) is 0 Å². The van der Waals surface area contributed by atoms with Crippen LogP contribution < -0.4 is 0 Å². The molecule has 0 aliphatic rings. The van der Waals surface area contributed by atoms with Gasteiger partial charge in [-0.2, -0.15) is 14.0 Å². The van der Waals surface area contributed by atoms with Gasteiger partial charge in [-0.05, 0) is 0 Å². The van der Waals surface area contributed by atoms with Crippen LogP contribution in [-0.4, -0.2) is 68.4 Å². The van der Waals surface area contributed by atoms with Gasteiger partial charge in [0.15, 0.2) is 0 Å². The number of hydrogen-bond acceptors (Lipinski definition) is 4. The molecule has 0 aliphatic heterocycles. The van der Waals surface area contributed by atoms with Crippen molar-refractivity contribution in [3.63, 3.8) is 0 Å². The fourth-order valence-electron chi connectivity index (χ4n) is 1.07. The first kappa shape index (κ1) is 14.8. The summed E-state index contributed by atoms with van der Waals surface area (Å²) >= 11 is 0. The van der Waals surface area contributed by atoms with Crippen LogP contribution in [0.5, 0.6) is 0 Å². The fourth-order valence-corrected chi connectivity index (χ4v) is 3.22. The van der Waals surface area contributed by atoms with E-state index in [1.807, 2.05) is 0 Å². The van der Waals surface area contributed by atoms with Gasteiger partial charge in [-0.15, -0.1) is 0 Å². The van der Waals surface area contributed by atoms with Gasteiger partial charge in [0.05, 0.1) is 6.66 Å². The minimum atomic E-state index is -1.19. The third-order valence-electron chi connectivity index (χ3n) is 2.27. The SMILES string of the molecule is CN(C)[P+](C)(N(C)C)N(C)C.[OH-]. The Morgan fingerprint density at radius 3 is 0.833 bits per heavy atom. The third-order valence-corrected chi connectivity index (χ3v) is 6.82. The third kappa shape index (κ3) is 2.64. The van der Waals surface area contributed by atoms with Gasteiger partial charge >= 0.3 is 0 Å². The van der Waals surface area contributed by atoms with Gasteiger partial charge < -0.3 is 5.48 Å². The monoisotopic (exact) mass is 195 g/mol. The summed E-state index contributed by atoms with van der Waals surface area (Å²) in [5.74, 6) is 0. The van der Waals surface area contributed by atoms with Gasteiger partial charge in [0.2, 0.25) is 7.71 Å². The molecule has 0 aromatic rings. The zero-order valence-corrected chi connectivity index (χ0v) is 10.1. The Hall–Kier alpha value is 0.270. The van der Waals surface area contributed by atoms with Crippen molar-refractivity contribution in [2.45, 2.75) is 0 Å². The summed E-state index contributed by atoms with van der Waals surface area (Å²) in [6.45, 7) is 2.30. The quantitative estimate of drug-likeness (QED) is 0.627. The van der Waals surface area contributed by atoms with E-state index in [2.05, 4.69) is 63.0 Å². The molecular weight excluding hydrogens is 173 g/mol. The lowest BCUT2D eigenvalue weighted by Gasteiger charge is -2.36. The van der Waals surface area contributed by atoms with Crippen molar-refractivity contribution in [3.05, 3.63) is 0 Å². The highest BCUT2D eigenvalue weighted by Crippen LogP contribution is 2.59. The summed E-state index contributed by atoms with van der Waals surface area (Å²) in [4.78, 5) is 0. The fraction of sp³-hybridized carbons (Fsp3) is 1.00. The molecule has 0 rings (SSSR count). The Morgan fingerprint density at radius 2 is 0.833 bits per heavy atom. The number of hydrogen-bond donors (Lipinski definition) is 0. The van der Waals surface area contributed by atoms with Gasteiger partial charge in [-0.1, -0.05) is 0 Å². The molecule has 0 amide bonds. The van der Waals surface area contributed by atoms with E-state index in [1.54, 1.807) is 0 Å². The molecule has 0 saturated carbocycles. The van der Waals surface area contributed by atoms with Crippen LogP contribution in [0.25, 0.3) is 0 Å². The first-order valence-corrected chi connectivity index (χ1v) is 5.82. The lowest BCUT2D eigenvalue weighted by Crippen LogP contribution is -2.35. The molecule has 0 atom stereocenters. The molecule has 0 spiro atoms. The van der Waals surface area contributed by atoms with E-state index >= 15 is 0 Å². The van der Waals surface area contributed by atoms with Crippen molar-refractivity contribution >= 4 is 7.71 Å². The maximum Gasteiger partial charge on any atom is 0.222 e. The molecule has 0 aromatic heterocycles. The van der Waals surface area contributed by atoms with Crippen molar-refractivity contribution in [3.8, 4) is 0 Å². The summed E-state index contributed by atoms with van der Waals surface area (Å²) in [6, 6.07) is 0. The van der Waals surface area contributed by atoms with Crippen LogP contribution in [0.15, 0.2) is 0 Å². The maximum absolute atomic E-state index is 2.30. The molecule has 0 aromatic carbocycles. The second kappa shape index (κ2) is 5.10. The van der Waals surface area contributed by atoms with Crippen LogP contribution in [-0.2, 0) is 0 Å². The standard InChI is InChI=1S/C7H21N3P.H2O/c1-8(2)11(7,9(3)4)10(5)6;/h1-7H3;1H2/q+1;/p-1. The molecule has 0 aliphatic carbocycles. The zero-order chi connectivity index (χ0) is 9.23. The summed E-state index contributed by atoms with van der Waals surface area (Å²) in [6.07, 6.45) is 0. The lowest BCUT2D eigenvalue weighted by atomic mass is 11.2. The molecule has 5 heteroatoms. The highest BCUT2D eigenvalue weighted by atomic mass is 31.2. The van der Waals surface area contributed by atoms with Crippen molar-refractivity contribution in [1.82, 2.24) is 14.0 Å². The average molecular weight is 195 g/mol. The van der Waals surface area contributed by atoms with Crippen LogP contribution >= 0.6 is 7.71 Å². The molecule has 0 bridgehead atoms. The van der Waals surface area contributed by atoms with Crippen LogP contribution in [0.3, 0.4) is 0 Å². The molecule has 1 N–H and O–H groups in total. The molecular formula is C7H22N3OP. The van der Waals surface area contributed by atoms with Crippen molar-refractivity contribution < 1.29 is 5.48 Å².